The quantitative estimate of drug-likeness (QED) is 0.820. The van der Waals surface area contributed by atoms with Gasteiger partial charge in [0.25, 0.3) is 0 Å². The highest BCUT2D eigenvalue weighted by Gasteiger charge is 2.34. The Kier molecular flexibility index (Phi) is 6.15. The molecule has 1 aromatic rings. The predicted octanol–water partition coefficient (Wildman–Crippen LogP) is 1.21. The summed E-state index contributed by atoms with van der Waals surface area (Å²) in [6.07, 6.45) is 3.48. The molecule has 1 aliphatic rings. The molecule has 1 amide bonds. The van der Waals surface area contributed by atoms with Gasteiger partial charge in [-0.3, -0.25) is 9.69 Å². The summed E-state index contributed by atoms with van der Waals surface area (Å²) in [5.74, 6) is 0.617. The van der Waals surface area contributed by atoms with Crippen molar-refractivity contribution in [1.29, 1.82) is 0 Å². The van der Waals surface area contributed by atoms with Crippen molar-refractivity contribution < 1.29 is 14.3 Å². The number of likely N-dealkylation sites (N-methyl/N-ethyl adjacent to an activating group) is 1. The lowest BCUT2D eigenvalue weighted by Gasteiger charge is -2.18. The third-order valence-corrected chi connectivity index (χ3v) is 3.89. The molecule has 0 radical (unpaired) electrons. The first-order valence-electron chi connectivity index (χ1n) is 7.73. The fraction of sp³-hybridized carbons (Fsp3) is 0.625. The monoisotopic (exact) mass is 307 g/mol. The highest BCUT2D eigenvalue weighted by Crippen LogP contribution is 2.19. The van der Waals surface area contributed by atoms with E-state index in [0.717, 1.165) is 24.9 Å². The third-order valence-electron chi connectivity index (χ3n) is 3.89. The van der Waals surface area contributed by atoms with Crippen molar-refractivity contribution in [1.82, 2.24) is 15.2 Å². The molecule has 0 aromatic carbocycles. The third kappa shape index (κ3) is 4.18. The lowest BCUT2D eigenvalue weighted by molar-refractivity contribution is -0.125. The molecule has 2 heterocycles. The van der Waals surface area contributed by atoms with Gasteiger partial charge in [-0.2, -0.15) is 0 Å². The summed E-state index contributed by atoms with van der Waals surface area (Å²) >= 11 is 0. The van der Waals surface area contributed by atoms with E-state index < -0.39 is 0 Å². The second-order valence-electron chi connectivity index (χ2n) is 5.58. The van der Waals surface area contributed by atoms with E-state index in [-0.39, 0.29) is 18.1 Å². The molecule has 6 nitrogen and oxygen atoms in total. The van der Waals surface area contributed by atoms with E-state index in [9.17, 15) is 4.79 Å². The highest BCUT2D eigenvalue weighted by atomic mass is 16.5. The summed E-state index contributed by atoms with van der Waals surface area (Å²) < 4.78 is 10.9. The Morgan fingerprint density at radius 1 is 1.55 bits per heavy atom. The van der Waals surface area contributed by atoms with Crippen molar-refractivity contribution in [2.75, 3.05) is 27.3 Å². The molecule has 1 fully saturated rings. The first-order valence-corrected chi connectivity index (χ1v) is 7.73. The Morgan fingerprint density at radius 3 is 3.05 bits per heavy atom. The Labute approximate surface area is 131 Å². The molecule has 22 heavy (non-hydrogen) atoms. The summed E-state index contributed by atoms with van der Waals surface area (Å²) in [5, 5.41) is 2.98. The molecule has 122 valence electrons. The summed E-state index contributed by atoms with van der Waals surface area (Å²) in [7, 11) is 3.63. The van der Waals surface area contributed by atoms with E-state index >= 15 is 0 Å². The number of nitrogens with zero attached hydrogens (tertiary/aromatic N) is 2. The molecular formula is C16H25N3O3. The molecule has 1 aliphatic heterocycles. The molecule has 2 rings (SSSR count). The van der Waals surface area contributed by atoms with Gasteiger partial charge in [-0.15, -0.1) is 0 Å². The van der Waals surface area contributed by atoms with Crippen LogP contribution in [0.1, 0.15) is 25.3 Å². The van der Waals surface area contributed by atoms with Crippen molar-refractivity contribution in [3.05, 3.63) is 23.9 Å². The van der Waals surface area contributed by atoms with E-state index in [1.807, 2.05) is 31.0 Å². The van der Waals surface area contributed by atoms with Gasteiger partial charge in [0.1, 0.15) is 0 Å². The molecule has 6 heteroatoms. The summed E-state index contributed by atoms with van der Waals surface area (Å²) in [6.45, 7) is 3.88. The van der Waals surface area contributed by atoms with Gasteiger partial charge in [-0.25, -0.2) is 4.98 Å². The van der Waals surface area contributed by atoms with Gasteiger partial charge < -0.3 is 14.8 Å². The Hall–Kier alpha value is -1.66. The number of methoxy groups -OCH3 is 1. The van der Waals surface area contributed by atoms with E-state index in [0.29, 0.717) is 19.0 Å². The lowest BCUT2D eigenvalue weighted by Crippen LogP contribution is -2.41. The normalized spacial score (nSPS) is 21.8. The maximum absolute atomic E-state index is 12.3. The zero-order valence-corrected chi connectivity index (χ0v) is 13.5. The number of carbonyl (C=O) groups excluding carboxylic acids is 1. The van der Waals surface area contributed by atoms with Crippen LogP contribution >= 0.6 is 0 Å². The number of hydrogen-bond acceptors (Lipinski definition) is 5. The zero-order valence-electron chi connectivity index (χ0n) is 13.5. The number of amides is 1. The second-order valence-corrected chi connectivity index (χ2v) is 5.58. The van der Waals surface area contributed by atoms with Crippen LogP contribution in [0.25, 0.3) is 0 Å². The molecule has 0 bridgehead atoms. The largest absolute Gasteiger partial charge is 0.477 e. The minimum atomic E-state index is -0.137. The number of nitrogens with one attached hydrogen (secondary N) is 1. The number of pyridine rings is 1. The van der Waals surface area contributed by atoms with Gasteiger partial charge in [0, 0.05) is 32.0 Å². The zero-order chi connectivity index (χ0) is 15.9. The predicted molar refractivity (Wildman–Crippen MR) is 83.7 cm³/mol. The standard InChI is InChI=1S/C16H25N3O3/c1-4-8-22-16-12(6-5-7-17-16)10-18-15(20)14-9-13(21-3)11-19(14)2/h5-7,13-14H,4,8-11H2,1-3H3,(H,18,20)/t13-,14-/m0/s1. The van der Waals surface area contributed by atoms with Crippen LogP contribution in [0.3, 0.4) is 0 Å². The summed E-state index contributed by atoms with van der Waals surface area (Å²) in [4.78, 5) is 18.6. The van der Waals surface area contributed by atoms with Gasteiger partial charge in [0.2, 0.25) is 11.8 Å². The average molecular weight is 307 g/mol. The number of rotatable bonds is 7. The van der Waals surface area contributed by atoms with E-state index in [1.54, 1.807) is 13.3 Å². The van der Waals surface area contributed by atoms with Gasteiger partial charge in [0.05, 0.1) is 18.8 Å². The van der Waals surface area contributed by atoms with Crippen LogP contribution in [0.2, 0.25) is 0 Å². The van der Waals surface area contributed by atoms with Crippen LogP contribution in [-0.2, 0) is 16.1 Å². The van der Waals surface area contributed by atoms with Crippen LogP contribution in [0, 0.1) is 0 Å². The second kappa shape index (κ2) is 8.10. The highest BCUT2D eigenvalue weighted by molar-refractivity contribution is 5.82. The molecule has 1 N–H and O–H groups in total. The first kappa shape index (κ1) is 16.7. The van der Waals surface area contributed by atoms with Crippen molar-refractivity contribution in [3.63, 3.8) is 0 Å². The van der Waals surface area contributed by atoms with Gasteiger partial charge >= 0.3 is 0 Å². The molecule has 1 aromatic heterocycles. The van der Waals surface area contributed by atoms with Crippen molar-refractivity contribution in [3.8, 4) is 5.88 Å². The Balaban J connectivity index is 1.91. The van der Waals surface area contributed by atoms with E-state index in [1.165, 1.54) is 0 Å². The Bertz CT molecular complexity index is 495. The van der Waals surface area contributed by atoms with Crippen LogP contribution in [0.4, 0.5) is 0 Å². The van der Waals surface area contributed by atoms with Crippen LogP contribution in [0.15, 0.2) is 18.3 Å². The molecule has 0 unspecified atom stereocenters. The smallest absolute Gasteiger partial charge is 0.237 e. The molecular weight excluding hydrogens is 282 g/mol. The number of hydrogen-bond donors (Lipinski definition) is 1. The molecule has 0 spiro atoms. The SMILES string of the molecule is CCCOc1ncccc1CNC(=O)[C@@H]1C[C@H](OC)CN1C. The van der Waals surface area contributed by atoms with Crippen LogP contribution in [-0.4, -0.2) is 55.2 Å². The van der Waals surface area contributed by atoms with E-state index in [2.05, 4.69) is 10.3 Å². The number of carbonyl (C=O) groups is 1. The maximum atomic E-state index is 12.3. The van der Waals surface area contributed by atoms with Crippen LogP contribution in [0.5, 0.6) is 5.88 Å². The maximum Gasteiger partial charge on any atom is 0.237 e. The molecule has 2 atom stereocenters. The minimum absolute atomic E-state index is 0.0207. The fourth-order valence-corrected chi connectivity index (χ4v) is 2.62. The minimum Gasteiger partial charge on any atom is -0.477 e. The first-order chi connectivity index (χ1) is 10.7. The summed E-state index contributed by atoms with van der Waals surface area (Å²) in [5.41, 5.74) is 0.897. The summed E-state index contributed by atoms with van der Waals surface area (Å²) in [6, 6.07) is 3.64. The van der Waals surface area contributed by atoms with Crippen molar-refractivity contribution in [2.45, 2.75) is 38.5 Å². The topological polar surface area (TPSA) is 63.7 Å². The lowest BCUT2D eigenvalue weighted by atomic mass is 10.2. The molecule has 1 saturated heterocycles. The van der Waals surface area contributed by atoms with Gasteiger partial charge in [-0.1, -0.05) is 13.0 Å². The average Bonchev–Trinajstić information content (AvgIpc) is 2.92. The van der Waals surface area contributed by atoms with Crippen LogP contribution < -0.4 is 10.1 Å². The molecule has 0 saturated carbocycles. The number of likely N-dealkylation sites (tertiary alicyclic amines) is 1. The van der Waals surface area contributed by atoms with E-state index in [4.69, 9.17) is 9.47 Å². The molecule has 0 aliphatic carbocycles. The van der Waals surface area contributed by atoms with Gasteiger partial charge in [0.15, 0.2) is 0 Å². The van der Waals surface area contributed by atoms with Crippen molar-refractivity contribution in [2.24, 2.45) is 0 Å². The Morgan fingerprint density at radius 2 is 2.36 bits per heavy atom. The number of ether oxygens (including phenoxy) is 2. The van der Waals surface area contributed by atoms with Crippen molar-refractivity contribution >= 4 is 5.91 Å². The fourth-order valence-electron chi connectivity index (χ4n) is 2.62. The number of aromatic nitrogens is 1. The van der Waals surface area contributed by atoms with Gasteiger partial charge in [-0.05, 0) is 26.0 Å².